The number of nitrogens with one attached hydrogen (secondary N) is 1. The molecule has 0 aromatic heterocycles. The Kier molecular flexibility index (Phi) is 7.63. The summed E-state index contributed by atoms with van der Waals surface area (Å²) >= 11 is 12.8. The number of halogens is 2. The van der Waals surface area contributed by atoms with Gasteiger partial charge in [0.05, 0.1) is 5.69 Å². The van der Waals surface area contributed by atoms with Gasteiger partial charge in [0, 0.05) is 39.6 Å². The molecule has 6 nitrogen and oxygen atoms in total. The van der Waals surface area contributed by atoms with Crippen LogP contribution < -0.4 is 10.2 Å². The lowest BCUT2D eigenvalue weighted by molar-refractivity contribution is -0.140. The molecular formula is C27H27Cl2N3O3. The SMILES string of the molecule is CCCNC(=O)[C@H](CC)N(Cc1c(Cl)cccc1Cl)C(=O)CN1C(=O)c2cccc3cccc1c23. The van der Waals surface area contributed by atoms with Gasteiger partial charge in [-0.2, -0.15) is 0 Å². The fourth-order valence-corrected chi connectivity index (χ4v) is 5.02. The predicted octanol–water partition coefficient (Wildman–Crippen LogP) is 5.44. The molecule has 1 atom stereocenters. The summed E-state index contributed by atoms with van der Waals surface area (Å²) in [7, 11) is 0. The minimum Gasteiger partial charge on any atom is -0.354 e. The summed E-state index contributed by atoms with van der Waals surface area (Å²) in [5, 5.41) is 5.48. The molecule has 1 heterocycles. The van der Waals surface area contributed by atoms with Crippen LogP contribution in [0.15, 0.2) is 54.6 Å². The summed E-state index contributed by atoms with van der Waals surface area (Å²) in [5.74, 6) is -0.842. The van der Waals surface area contributed by atoms with E-state index >= 15 is 0 Å². The van der Waals surface area contributed by atoms with Crippen LogP contribution in [0.4, 0.5) is 5.69 Å². The third-order valence-corrected chi connectivity index (χ3v) is 6.98. The highest BCUT2D eigenvalue weighted by Gasteiger charge is 2.35. The monoisotopic (exact) mass is 511 g/mol. The molecule has 1 aliphatic heterocycles. The molecule has 0 spiro atoms. The largest absolute Gasteiger partial charge is 0.354 e. The highest BCUT2D eigenvalue weighted by atomic mass is 35.5. The highest BCUT2D eigenvalue weighted by molar-refractivity contribution is 6.36. The van der Waals surface area contributed by atoms with Gasteiger partial charge in [0.15, 0.2) is 0 Å². The lowest BCUT2D eigenvalue weighted by Crippen LogP contribution is -2.52. The molecule has 0 saturated carbocycles. The first kappa shape index (κ1) is 25.0. The quantitative estimate of drug-likeness (QED) is 0.415. The number of benzene rings is 3. The molecule has 0 radical (unpaired) electrons. The van der Waals surface area contributed by atoms with Crippen LogP contribution in [0.3, 0.4) is 0 Å². The molecule has 3 aromatic carbocycles. The van der Waals surface area contributed by atoms with Crippen molar-refractivity contribution in [3.63, 3.8) is 0 Å². The van der Waals surface area contributed by atoms with Crippen molar-refractivity contribution in [1.29, 1.82) is 0 Å². The Balaban J connectivity index is 1.68. The van der Waals surface area contributed by atoms with Gasteiger partial charge in [-0.15, -0.1) is 0 Å². The van der Waals surface area contributed by atoms with E-state index in [0.29, 0.717) is 39.8 Å². The second-order valence-electron chi connectivity index (χ2n) is 8.51. The van der Waals surface area contributed by atoms with E-state index < -0.39 is 6.04 Å². The molecule has 4 rings (SSSR count). The van der Waals surface area contributed by atoms with Crippen LogP contribution in [0.5, 0.6) is 0 Å². The van der Waals surface area contributed by atoms with Crippen molar-refractivity contribution >= 4 is 57.4 Å². The van der Waals surface area contributed by atoms with Crippen LogP contribution in [0.2, 0.25) is 10.0 Å². The minimum atomic E-state index is -0.739. The fraction of sp³-hybridized carbons (Fsp3) is 0.296. The van der Waals surface area contributed by atoms with Gasteiger partial charge in [-0.05, 0) is 42.5 Å². The van der Waals surface area contributed by atoms with E-state index in [1.165, 1.54) is 9.80 Å². The van der Waals surface area contributed by atoms with Crippen LogP contribution in [0.25, 0.3) is 10.8 Å². The molecule has 3 aromatic rings. The van der Waals surface area contributed by atoms with Gasteiger partial charge in [0.2, 0.25) is 11.8 Å². The number of hydrogen-bond donors (Lipinski definition) is 1. The molecule has 182 valence electrons. The maximum atomic E-state index is 13.8. The zero-order valence-corrected chi connectivity index (χ0v) is 21.2. The zero-order valence-electron chi connectivity index (χ0n) is 19.7. The Hall–Kier alpha value is -3.09. The summed E-state index contributed by atoms with van der Waals surface area (Å²) < 4.78 is 0. The molecule has 3 amide bonds. The lowest BCUT2D eigenvalue weighted by Gasteiger charge is -2.32. The Morgan fingerprint density at radius 2 is 1.66 bits per heavy atom. The first-order valence-corrected chi connectivity index (χ1v) is 12.5. The summed E-state index contributed by atoms with van der Waals surface area (Å²) in [4.78, 5) is 43.0. The van der Waals surface area contributed by atoms with E-state index in [2.05, 4.69) is 5.32 Å². The van der Waals surface area contributed by atoms with Crippen molar-refractivity contribution in [1.82, 2.24) is 10.2 Å². The average molecular weight is 512 g/mol. The number of amides is 3. The molecule has 0 aliphatic carbocycles. The summed E-state index contributed by atoms with van der Waals surface area (Å²) in [6.45, 7) is 4.17. The van der Waals surface area contributed by atoms with E-state index in [4.69, 9.17) is 23.2 Å². The van der Waals surface area contributed by atoms with Crippen LogP contribution in [-0.2, 0) is 16.1 Å². The van der Waals surface area contributed by atoms with Gasteiger partial charge < -0.3 is 10.2 Å². The van der Waals surface area contributed by atoms with Crippen molar-refractivity contribution in [3.05, 3.63) is 75.8 Å². The topological polar surface area (TPSA) is 69.7 Å². The first-order chi connectivity index (χ1) is 16.9. The van der Waals surface area contributed by atoms with Crippen molar-refractivity contribution in [2.24, 2.45) is 0 Å². The number of hydrogen-bond acceptors (Lipinski definition) is 3. The van der Waals surface area contributed by atoms with E-state index in [9.17, 15) is 14.4 Å². The number of rotatable bonds is 9. The van der Waals surface area contributed by atoms with Crippen LogP contribution in [-0.4, -0.2) is 41.8 Å². The van der Waals surface area contributed by atoms with Gasteiger partial charge in [-0.1, -0.05) is 67.4 Å². The number of anilines is 1. The lowest BCUT2D eigenvalue weighted by atomic mass is 10.1. The van der Waals surface area contributed by atoms with Crippen LogP contribution in [0, 0.1) is 0 Å². The normalized spacial score (nSPS) is 13.3. The second-order valence-corrected chi connectivity index (χ2v) is 9.32. The molecular weight excluding hydrogens is 485 g/mol. The maximum absolute atomic E-state index is 13.8. The Morgan fingerprint density at radius 3 is 2.31 bits per heavy atom. The van der Waals surface area contributed by atoms with Gasteiger partial charge >= 0.3 is 0 Å². The molecule has 0 unspecified atom stereocenters. The number of nitrogens with zero attached hydrogens (tertiary/aromatic N) is 2. The summed E-state index contributed by atoms with van der Waals surface area (Å²) in [5.41, 5.74) is 1.82. The van der Waals surface area contributed by atoms with Gasteiger partial charge in [-0.25, -0.2) is 0 Å². The van der Waals surface area contributed by atoms with E-state index in [0.717, 1.165) is 17.2 Å². The van der Waals surface area contributed by atoms with Gasteiger partial charge in [0.1, 0.15) is 12.6 Å². The molecule has 0 bridgehead atoms. The van der Waals surface area contributed by atoms with E-state index in [1.807, 2.05) is 44.2 Å². The third kappa shape index (κ3) is 4.86. The van der Waals surface area contributed by atoms with Crippen molar-refractivity contribution < 1.29 is 14.4 Å². The molecule has 8 heteroatoms. The smallest absolute Gasteiger partial charge is 0.259 e. The van der Waals surface area contributed by atoms with Crippen LogP contribution >= 0.6 is 23.2 Å². The molecule has 1 aliphatic rings. The molecule has 1 N–H and O–H groups in total. The Bertz CT molecular complexity index is 1270. The Morgan fingerprint density at radius 1 is 1.00 bits per heavy atom. The number of carbonyl (C=O) groups excluding carboxylic acids is 3. The fourth-order valence-electron chi connectivity index (χ4n) is 4.50. The van der Waals surface area contributed by atoms with E-state index in [-0.39, 0.29) is 30.8 Å². The van der Waals surface area contributed by atoms with Crippen molar-refractivity contribution in [2.75, 3.05) is 18.0 Å². The first-order valence-electron chi connectivity index (χ1n) is 11.7. The summed E-state index contributed by atoms with van der Waals surface area (Å²) in [6, 6.07) is 15.6. The standard InChI is InChI=1S/C27H27Cl2N3O3/c1-3-14-30-26(34)22(4-2)31(15-19-20(28)11-7-12-21(19)29)24(33)16-32-23-13-6-9-17-8-5-10-18(25(17)23)27(32)35/h5-13,22H,3-4,14-16H2,1-2H3,(H,30,34)/t22-/m0/s1. The average Bonchev–Trinajstić information content (AvgIpc) is 3.12. The van der Waals surface area contributed by atoms with Crippen LogP contribution in [0.1, 0.15) is 42.6 Å². The maximum Gasteiger partial charge on any atom is 0.259 e. The Labute approximate surface area is 214 Å². The second kappa shape index (κ2) is 10.7. The van der Waals surface area contributed by atoms with Crippen molar-refractivity contribution in [2.45, 2.75) is 39.3 Å². The molecule has 0 fully saturated rings. The van der Waals surface area contributed by atoms with Crippen molar-refractivity contribution in [3.8, 4) is 0 Å². The minimum absolute atomic E-state index is 0.0502. The third-order valence-electron chi connectivity index (χ3n) is 6.27. The highest BCUT2D eigenvalue weighted by Crippen LogP contribution is 2.37. The van der Waals surface area contributed by atoms with Gasteiger partial charge in [0.25, 0.3) is 5.91 Å². The number of carbonyl (C=O) groups is 3. The molecule has 35 heavy (non-hydrogen) atoms. The summed E-state index contributed by atoms with van der Waals surface area (Å²) in [6.07, 6.45) is 1.17. The zero-order chi connectivity index (χ0) is 25.1. The van der Waals surface area contributed by atoms with E-state index in [1.54, 1.807) is 24.3 Å². The molecule has 0 saturated heterocycles. The van der Waals surface area contributed by atoms with Gasteiger partial charge in [-0.3, -0.25) is 19.3 Å². The predicted molar refractivity (Wildman–Crippen MR) is 140 cm³/mol.